The average Bonchev–Trinajstić information content (AvgIpc) is 2.72. The summed E-state index contributed by atoms with van der Waals surface area (Å²) in [7, 11) is 2.94. The molecule has 0 amide bonds. The second-order valence-electron chi connectivity index (χ2n) is 6.75. The van der Waals surface area contributed by atoms with Gasteiger partial charge in [0, 0.05) is 5.70 Å². The highest BCUT2D eigenvalue weighted by atomic mass is 32.1. The van der Waals surface area contributed by atoms with E-state index in [-0.39, 0.29) is 0 Å². The van der Waals surface area contributed by atoms with Crippen LogP contribution in [0, 0.1) is 6.92 Å². The first-order valence-electron chi connectivity index (χ1n) is 9.15. The van der Waals surface area contributed by atoms with Crippen molar-refractivity contribution in [3.05, 3.63) is 70.4 Å². The summed E-state index contributed by atoms with van der Waals surface area (Å²) in [5.41, 5.74) is 4.21. The average molecular weight is 413 g/mol. The summed E-state index contributed by atoms with van der Waals surface area (Å²) in [5.74, 6) is 0.769. The highest BCUT2D eigenvalue weighted by Crippen LogP contribution is 2.35. The van der Waals surface area contributed by atoms with Gasteiger partial charge in [0.15, 0.2) is 16.6 Å². The predicted octanol–water partition coefficient (Wildman–Crippen LogP) is 3.55. The molecule has 0 aromatic heterocycles. The van der Waals surface area contributed by atoms with Gasteiger partial charge in [0.05, 0.1) is 25.8 Å². The van der Waals surface area contributed by atoms with Crippen LogP contribution in [0.25, 0.3) is 0 Å². The van der Waals surface area contributed by atoms with E-state index in [9.17, 15) is 4.79 Å². The maximum atomic E-state index is 12.3. The SMILES string of the molecule is COC(=O)C1=C(C)NC(=S)N[C@@H]1c1ccc(OCc2ccc(C)cc2)c(OC)c1. The number of carbonyl (C=O) groups excluding carboxylic acids is 1. The Morgan fingerprint density at radius 3 is 2.45 bits per heavy atom. The van der Waals surface area contributed by atoms with Crippen LogP contribution in [0.15, 0.2) is 53.7 Å². The topological polar surface area (TPSA) is 68.8 Å². The molecule has 29 heavy (non-hydrogen) atoms. The molecule has 0 bridgehead atoms. The molecule has 3 rings (SSSR count). The molecule has 6 nitrogen and oxygen atoms in total. The number of aryl methyl sites for hydroxylation is 1. The normalized spacial score (nSPS) is 16.0. The van der Waals surface area contributed by atoms with E-state index in [2.05, 4.69) is 10.6 Å². The van der Waals surface area contributed by atoms with Crippen LogP contribution < -0.4 is 20.1 Å². The van der Waals surface area contributed by atoms with Crippen LogP contribution in [0.4, 0.5) is 0 Å². The summed E-state index contributed by atoms with van der Waals surface area (Å²) in [4.78, 5) is 12.3. The zero-order valence-corrected chi connectivity index (χ0v) is 17.7. The Kier molecular flexibility index (Phi) is 6.39. The van der Waals surface area contributed by atoms with Crippen LogP contribution in [0.2, 0.25) is 0 Å². The zero-order valence-electron chi connectivity index (χ0n) is 16.9. The Balaban J connectivity index is 1.87. The van der Waals surface area contributed by atoms with Crippen molar-refractivity contribution in [1.82, 2.24) is 10.6 Å². The molecule has 1 aliphatic heterocycles. The minimum absolute atomic E-state index is 0.423. The van der Waals surface area contributed by atoms with Crippen molar-refractivity contribution >= 4 is 23.3 Å². The van der Waals surface area contributed by atoms with Crippen LogP contribution in [0.5, 0.6) is 11.5 Å². The third-order valence-electron chi connectivity index (χ3n) is 4.71. The molecule has 1 atom stereocenters. The molecule has 0 spiro atoms. The molecule has 2 N–H and O–H groups in total. The number of ether oxygens (including phenoxy) is 3. The lowest BCUT2D eigenvalue weighted by Gasteiger charge is -2.30. The second-order valence-corrected chi connectivity index (χ2v) is 7.15. The number of thiocarbonyl (C=S) groups is 1. The van der Waals surface area contributed by atoms with Crippen LogP contribution >= 0.6 is 12.2 Å². The van der Waals surface area contributed by atoms with Gasteiger partial charge in [-0.15, -0.1) is 0 Å². The molecule has 7 heteroatoms. The summed E-state index contributed by atoms with van der Waals surface area (Å²) in [5, 5.41) is 6.54. The summed E-state index contributed by atoms with van der Waals surface area (Å²) in [6.07, 6.45) is 0. The van der Waals surface area contributed by atoms with Crippen LogP contribution in [-0.2, 0) is 16.1 Å². The molecule has 152 valence electrons. The van der Waals surface area contributed by atoms with E-state index in [1.54, 1.807) is 14.0 Å². The highest BCUT2D eigenvalue weighted by molar-refractivity contribution is 7.80. The number of methoxy groups -OCH3 is 2. The van der Waals surface area contributed by atoms with Gasteiger partial charge in [-0.3, -0.25) is 0 Å². The Labute approximate surface area is 175 Å². The molecule has 0 aliphatic carbocycles. The largest absolute Gasteiger partial charge is 0.493 e. The van der Waals surface area contributed by atoms with Crippen molar-refractivity contribution in [3.8, 4) is 11.5 Å². The molecular formula is C22H24N2O4S. The van der Waals surface area contributed by atoms with Crippen molar-refractivity contribution in [1.29, 1.82) is 0 Å². The van der Waals surface area contributed by atoms with Crippen molar-refractivity contribution in [2.24, 2.45) is 0 Å². The molecule has 0 saturated carbocycles. The fourth-order valence-electron chi connectivity index (χ4n) is 3.15. The van der Waals surface area contributed by atoms with Gasteiger partial charge in [-0.1, -0.05) is 35.9 Å². The maximum absolute atomic E-state index is 12.3. The first-order valence-corrected chi connectivity index (χ1v) is 9.56. The van der Waals surface area contributed by atoms with E-state index < -0.39 is 12.0 Å². The van der Waals surface area contributed by atoms with E-state index in [0.29, 0.717) is 34.5 Å². The molecule has 0 radical (unpaired) electrons. The molecule has 1 heterocycles. The lowest BCUT2D eigenvalue weighted by Crippen LogP contribution is -2.45. The minimum Gasteiger partial charge on any atom is -0.493 e. The number of rotatable bonds is 6. The van der Waals surface area contributed by atoms with Crippen molar-refractivity contribution in [2.75, 3.05) is 14.2 Å². The molecule has 1 aliphatic rings. The fraction of sp³-hybridized carbons (Fsp3) is 0.273. The summed E-state index contributed by atoms with van der Waals surface area (Å²) < 4.78 is 16.4. The van der Waals surface area contributed by atoms with Crippen molar-refractivity contribution in [2.45, 2.75) is 26.5 Å². The molecule has 2 aromatic rings. The second kappa shape index (κ2) is 8.96. The smallest absolute Gasteiger partial charge is 0.337 e. The van der Waals surface area contributed by atoms with Gasteiger partial charge in [0.2, 0.25) is 0 Å². The van der Waals surface area contributed by atoms with Gasteiger partial charge in [-0.25, -0.2) is 4.79 Å². The van der Waals surface area contributed by atoms with Crippen molar-refractivity contribution in [3.63, 3.8) is 0 Å². The maximum Gasteiger partial charge on any atom is 0.337 e. The third kappa shape index (κ3) is 4.68. The van der Waals surface area contributed by atoms with E-state index >= 15 is 0 Å². The minimum atomic E-state index is -0.448. The van der Waals surface area contributed by atoms with Gasteiger partial charge < -0.3 is 24.8 Å². The predicted molar refractivity (Wildman–Crippen MR) is 115 cm³/mol. The number of benzene rings is 2. The van der Waals surface area contributed by atoms with Gasteiger partial charge in [0.1, 0.15) is 6.61 Å². The van der Waals surface area contributed by atoms with E-state index in [1.807, 2.05) is 49.4 Å². The van der Waals surface area contributed by atoms with E-state index in [1.165, 1.54) is 12.7 Å². The number of hydrogen-bond donors (Lipinski definition) is 2. The Morgan fingerprint density at radius 1 is 1.07 bits per heavy atom. The summed E-state index contributed by atoms with van der Waals surface area (Å²) in [6, 6.07) is 13.3. The number of nitrogens with one attached hydrogen (secondary N) is 2. The van der Waals surface area contributed by atoms with Gasteiger partial charge in [0.25, 0.3) is 0 Å². The van der Waals surface area contributed by atoms with Crippen LogP contribution in [0.1, 0.15) is 29.7 Å². The van der Waals surface area contributed by atoms with Crippen molar-refractivity contribution < 1.29 is 19.0 Å². The quantitative estimate of drug-likeness (QED) is 0.555. The van der Waals surface area contributed by atoms with E-state index in [4.69, 9.17) is 26.4 Å². The fourth-order valence-corrected chi connectivity index (χ4v) is 3.42. The van der Waals surface area contributed by atoms with Crippen LogP contribution in [-0.4, -0.2) is 25.3 Å². The Bertz CT molecular complexity index is 954. The monoisotopic (exact) mass is 412 g/mol. The first kappa shape index (κ1) is 20.7. The van der Waals surface area contributed by atoms with Crippen LogP contribution in [0.3, 0.4) is 0 Å². The van der Waals surface area contributed by atoms with Gasteiger partial charge in [-0.05, 0) is 49.3 Å². The molecule has 0 unspecified atom stereocenters. The van der Waals surface area contributed by atoms with Gasteiger partial charge in [-0.2, -0.15) is 0 Å². The number of hydrogen-bond acceptors (Lipinski definition) is 5. The Hall–Kier alpha value is -3.06. The molecular weight excluding hydrogens is 388 g/mol. The van der Waals surface area contributed by atoms with Gasteiger partial charge >= 0.3 is 5.97 Å². The first-order chi connectivity index (χ1) is 13.9. The third-order valence-corrected chi connectivity index (χ3v) is 4.93. The van der Waals surface area contributed by atoms with E-state index in [0.717, 1.165) is 11.1 Å². The standard InChI is InChI=1S/C22H24N2O4S/c1-13-5-7-15(8-6-13)12-28-17-10-9-16(11-18(17)26-3)20-19(21(25)27-4)14(2)23-22(29)24-20/h5-11,20H,12H2,1-4H3,(H2,23,24,29)/t20-/m1/s1. The summed E-state index contributed by atoms with van der Waals surface area (Å²) >= 11 is 5.26. The molecule has 0 saturated heterocycles. The zero-order chi connectivity index (χ0) is 21.0. The highest BCUT2D eigenvalue weighted by Gasteiger charge is 2.31. The lowest BCUT2D eigenvalue weighted by atomic mass is 9.95. The Morgan fingerprint density at radius 2 is 1.79 bits per heavy atom. The molecule has 0 fully saturated rings. The number of esters is 1. The lowest BCUT2D eigenvalue weighted by molar-refractivity contribution is -0.136. The summed E-state index contributed by atoms with van der Waals surface area (Å²) in [6.45, 7) is 4.27. The number of carbonyl (C=O) groups is 1. The molecule has 2 aromatic carbocycles. The number of allylic oxidation sites excluding steroid dienone is 1.